The summed E-state index contributed by atoms with van der Waals surface area (Å²) in [4.78, 5) is 15.9. The van der Waals surface area contributed by atoms with Crippen molar-refractivity contribution in [2.45, 2.75) is 25.8 Å². The van der Waals surface area contributed by atoms with Gasteiger partial charge in [-0.2, -0.15) is 5.10 Å². The Morgan fingerprint density at radius 2 is 2.37 bits per heavy atom. The fraction of sp³-hybridized carbons (Fsp3) is 0.267. The van der Waals surface area contributed by atoms with Crippen LogP contribution in [0.5, 0.6) is 0 Å². The van der Waals surface area contributed by atoms with E-state index >= 15 is 0 Å². The molecule has 1 aliphatic carbocycles. The minimum atomic E-state index is -0.0320. The number of hydrazone groups is 1. The molecule has 1 unspecified atom stereocenters. The van der Waals surface area contributed by atoms with Crippen LogP contribution in [0.15, 0.2) is 53.4 Å². The van der Waals surface area contributed by atoms with Crippen LogP contribution in [0.2, 0.25) is 0 Å². The molecule has 0 saturated heterocycles. The Morgan fingerprint density at radius 3 is 3.00 bits per heavy atom. The predicted octanol–water partition coefficient (Wildman–Crippen LogP) is 2.62. The Balaban J connectivity index is 1.89. The van der Waals surface area contributed by atoms with Crippen molar-refractivity contribution in [1.29, 1.82) is 0 Å². The number of rotatable bonds is 2. The molecule has 4 heteroatoms. The third kappa shape index (κ3) is 2.21. The van der Waals surface area contributed by atoms with Gasteiger partial charge in [0.05, 0.1) is 11.8 Å². The molecule has 4 nitrogen and oxygen atoms in total. The van der Waals surface area contributed by atoms with Crippen LogP contribution in [-0.4, -0.2) is 21.6 Å². The fourth-order valence-electron chi connectivity index (χ4n) is 2.49. The second kappa shape index (κ2) is 4.80. The minimum absolute atomic E-state index is 0.0253. The normalized spacial score (nSPS) is 21.5. The standard InChI is InChI=1S/C15H15N3O/c1-11(19)18-15(13-7-4-8-16-10-13)9-14(17-18)12-5-2-3-6-12/h2-5,7-8,10,15H,6,9H2,1H3. The molecule has 0 aromatic carbocycles. The zero-order chi connectivity index (χ0) is 13.2. The van der Waals surface area contributed by atoms with Crippen LogP contribution in [0.25, 0.3) is 0 Å². The van der Waals surface area contributed by atoms with Gasteiger partial charge in [0.1, 0.15) is 0 Å². The van der Waals surface area contributed by atoms with E-state index in [4.69, 9.17) is 0 Å². The average Bonchev–Trinajstić information content (AvgIpc) is 3.08. The average molecular weight is 253 g/mol. The summed E-state index contributed by atoms with van der Waals surface area (Å²) in [7, 11) is 0. The smallest absolute Gasteiger partial charge is 0.240 e. The van der Waals surface area contributed by atoms with Gasteiger partial charge < -0.3 is 0 Å². The van der Waals surface area contributed by atoms with E-state index in [1.165, 1.54) is 5.57 Å². The predicted molar refractivity (Wildman–Crippen MR) is 73.4 cm³/mol. The lowest BCUT2D eigenvalue weighted by molar-refractivity contribution is -0.130. The number of aromatic nitrogens is 1. The highest BCUT2D eigenvalue weighted by Gasteiger charge is 2.32. The van der Waals surface area contributed by atoms with Crippen LogP contribution in [0, 0.1) is 0 Å². The molecule has 96 valence electrons. The summed E-state index contributed by atoms with van der Waals surface area (Å²) in [6, 6.07) is 3.86. The van der Waals surface area contributed by atoms with Crippen LogP contribution in [-0.2, 0) is 4.79 Å². The highest BCUT2D eigenvalue weighted by molar-refractivity contribution is 6.03. The fourth-order valence-corrected chi connectivity index (χ4v) is 2.49. The van der Waals surface area contributed by atoms with Crippen molar-refractivity contribution in [2.24, 2.45) is 5.10 Å². The quantitative estimate of drug-likeness (QED) is 0.813. The topological polar surface area (TPSA) is 45.6 Å². The van der Waals surface area contributed by atoms with Crippen molar-refractivity contribution in [3.63, 3.8) is 0 Å². The van der Waals surface area contributed by atoms with E-state index in [0.29, 0.717) is 0 Å². The van der Waals surface area contributed by atoms with Crippen molar-refractivity contribution in [3.8, 4) is 0 Å². The first-order chi connectivity index (χ1) is 9.25. The molecule has 1 aliphatic heterocycles. The van der Waals surface area contributed by atoms with Crippen molar-refractivity contribution in [2.75, 3.05) is 0 Å². The summed E-state index contributed by atoms with van der Waals surface area (Å²) in [5.74, 6) is -0.0320. The van der Waals surface area contributed by atoms with Gasteiger partial charge in [-0.05, 0) is 23.6 Å². The third-order valence-electron chi connectivity index (χ3n) is 3.44. The van der Waals surface area contributed by atoms with E-state index < -0.39 is 0 Å². The molecule has 1 aromatic heterocycles. The lowest BCUT2D eigenvalue weighted by atomic mass is 9.99. The lowest BCUT2D eigenvalue weighted by Crippen LogP contribution is -2.24. The monoisotopic (exact) mass is 253 g/mol. The molecular weight excluding hydrogens is 238 g/mol. The molecule has 3 rings (SSSR count). The zero-order valence-electron chi connectivity index (χ0n) is 10.8. The molecule has 0 fully saturated rings. The first-order valence-corrected chi connectivity index (χ1v) is 6.39. The van der Waals surface area contributed by atoms with E-state index in [0.717, 1.165) is 24.1 Å². The maximum Gasteiger partial charge on any atom is 0.240 e. The minimum Gasteiger partial charge on any atom is -0.273 e. The Morgan fingerprint density at radius 1 is 1.47 bits per heavy atom. The molecule has 19 heavy (non-hydrogen) atoms. The zero-order valence-corrected chi connectivity index (χ0v) is 10.8. The van der Waals surface area contributed by atoms with Gasteiger partial charge in [-0.25, -0.2) is 5.01 Å². The number of amides is 1. The number of pyridine rings is 1. The van der Waals surface area contributed by atoms with Crippen molar-refractivity contribution in [3.05, 3.63) is 53.9 Å². The Labute approximate surface area is 112 Å². The lowest BCUT2D eigenvalue weighted by Gasteiger charge is -2.19. The molecule has 0 N–H and O–H groups in total. The second-order valence-electron chi connectivity index (χ2n) is 4.74. The molecule has 2 heterocycles. The van der Waals surface area contributed by atoms with E-state index in [1.807, 2.05) is 18.2 Å². The van der Waals surface area contributed by atoms with Crippen LogP contribution >= 0.6 is 0 Å². The number of nitrogens with zero attached hydrogens (tertiary/aromatic N) is 3. The SMILES string of the molecule is CC(=O)N1N=C(C2=CC=CC2)CC1c1cccnc1. The first-order valence-electron chi connectivity index (χ1n) is 6.39. The van der Waals surface area contributed by atoms with E-state index in [1.54, 1.807) is 24.3 Å². The van der Waals surface area contributed by atoms with Crippen LogP contribution in [0.1, 0.15) is 31.4 Å². The first kappa shape index (κ1) is 11.8. The molecule has 0 saturated carbocycles. The summed E-state index contributed by atoms with van der Waals surface area (Å²) in [6.45, 7) is 1.55. The summed E-state index contributed by atoms with van der Waals surface area (Å²) in [6.07, 6.45) is 11.4. The molecule has 1 atom stereocenters. The van der Waals surface area contributed by atoms with Gasteiger partial charge in [-0.3, -0.25) is 9.78 Å². The Kier molecular flexibility index (Phi) is 2.99. The molecular formula is C15H15N3O. The van der Waals surface area contributed by atoms with Crippen molar-refractivity contribution < 1.29 is 4.79 Å². The van der Waals surface area contributed by atoms with Crippen molar-refractivity contribution in [1.82, 2.24) is 9.99 Å². The molecule has 0 spiro atoms. The van der Waals surface area contributed by atoms with E-state index in [9.17, 15) is 4.79 Å². The van der Waals surface area contributed by atoms with Crippen LogP contribution in [0.4, 0.5) is 0 Å². The highest BCUT2D eigenvalue weighted by atomic mass is 16.2. The van der Waals surface area contributed by atoms with Crippen LogP contribution < -0.4 is 0 Å². The maximum atomic E-state index is 11.8. The van der Waals surface area contributed by atoms with Gasteiger partial charge in [0.2, 0.25) is 5.91 Å². The van der Waals surface area contributed by atoms with Crippen LogP contribution in [0.3, 0.4) is 0 Å². The van der Waals surface area contributed by atoms with Crippen molar-refractivity contribution >= 4 is 11.6 Å². The molecule has 1 aromatic rings. The summed E-state index contributed by atoms with van der Waals surface area (Å²) in [5.41, 5.74) is 3.25. The van der Waals surface area contributed by atoms with E-state index in [-0.39, 0.29) is 11.9 Å². The number of carbonyl (C=O) groups is 1. The largest absolute Gasteiger partial charge is 0.273 e. The maximum absolute atomic E-state index is 11.8. The third-order valence-corrected chi connectivity index (χ3v) is 3.44. The van der Waals surface area contributed by atoms with Gasteiger partial charge in [0, 0.05) is 25.7 Å². The Bertz CT molecular complexity index is 587. The van der Waals surface area contributed by atoms with Gasteiger partial charge in [-0.1, -0.05) is 24.3 Å². The summed E-state index contributed by atoms with van der Waals surface area (Å²) >= 11 is 0. The van der Waals surface area contributed by atoms with Gasteiger partial charge in [0.15, 0.2) is 0 Å². The van der Waals surface area contributed by atoms with Gasteiger partial charge >= 0.3 is 0 Å². The number of carbonyl (C=O) groups excluding carboxylic acids is 1. The van der Waals surface area contributed by atoms with Gasteiger partial charge in [-0.15, -0.1) is 0 Å². The Hall–Kier alpha value is -2.23. The molecule has 2 aliphatic rings. The van der Waals surface area contributed by atoms with E-state index in [2.05, 4.69) is 22.2 Å². The number of allylic oxidation sites excluding steroid dienone is 4. The number of hydrogen-bond donors (Lipinski definition) is 0. The molecule has 1 amide bonds. The summed E-state index contributed by atoms with van der Waals surface area (Å²) < 4.78 is 0. The molecule has 0 radical (unpaired) electrons. The highest BCUT2D eigenvalue weighted by Crippen LogP contribution is 2.33. The summed E-state index contributed by atoms with van der Waals surface area (Å²) in [5, 5.41) is 6.07. The second-order valence-corrected chi connectivity index (χ2v) is 4.74. The number of hydrogen-bond acceptors (Lipinski definition) is 3. The van der Waals surface area contributed by atoms with Gasteiger partial charge in [0.25, 0.3) is 0 Å². The molecule has 0 bridgehead atoms.